The Balaban J connectivity index is 2.09. The number of carbonyl (C=O) groups is 2. The average molecular weight is 356 g/mol. The molecule has 138 valence electrons. The maximum Gasteiger partial charge on any atom is 0.255 e. The Bertz CT molecular complexity index is 772. The zero-order chi connectivity index (χ0) is 19.1. The first kappa shape index (κ1) is 19.3. The number of nitrogens with one attached hydrogen (secondary N) is 1. The normalized spacial score (nSPS) is 11.5. The molecule has 2 rings (SSSR count). The van der Waals surface area contributed by atoms with E-state index >= 15 is 0 Å². The van der Waals surface area contributed by atoms with Gasteiger partial charge in [-0.3, -0.25) is 9.59 Å². The lowest BCUT2D eigenvalue weighted by atomic mass is 10.0. The molecule has 0 aliphatic rings. The number of ether oxygens (including phenoxy) is 2. The van der Waals surface area contributed by atoms with E-state index < -0.39 is 5.91 Å². The average Bonchev–Trinajstić information content (AvgIpc) is 2.66. The summed E-state index contributed by atoms with van der Waals surface area (Å²) in [4.78, 5) is 23.4. The fourth-order valence-electron chi connectivity index (χ4n) is 2.48. The van der Waals surface area contributed by atoms with Gasteiger partial charge in [0.1, 0.15) is 0 Å². The number of rotatable bonds is 8. The van der Waals surface area contributed by atoms with Crippen LogP contribution in [-0.2, 0) is 11.2 Å². The van der Waals surface area contributed by atoms with Crippen molar-refractivity contribution >= 4 is 11.8 Å². The van der Waals surface area contributed by atoms with Gasteiger partial charge in [-0.15, -0.1) is 0 Å². The third-order valence-corrected chi connectivity index (χ3v) is 4.03. The number of carbonyl (C=O) groups excluding carboxylic acids is 2. The molecule has 2 amide bonds. The second-order valence-corrected chi connectivity index (χ2v) is 5.91. The molecule has 1 unspecified atom stereocenters. The van der Waals surface area contributed by atoms with Crippen molar-refractivity contribution in [2.24, 2.45) is 5.73 Å². The van der Waals surface area contributed by atoms with E-state index in [1.165, 1.54) is 12.7 Å². The third-order valence-electron chi connectivity index (χ3n) is 4.03. The van der Waals surface area contributed by atoms with Gasteiger partial charge >= 0.3 is 0 Å². The van der Waals surface area contributed by atoms with Gasteiger partial charge in [0.15, 0.2) is 18.1 Å². The molecule has 3 N–H and O–H groups in total. The molecule has 0 aliphatic heterocycles. The van der Waals surface area contributed by atoms with Crippen LogP contribution in [-0.4, -0.2) is 25.5 Å². The third kappa shape index (κ3) is 4.99. The molecule has 0 saturated heterocycles. The number of hydrogen-bond acceptors (Lipinski definition) is 4. The second-order valence-electron chi connectivity index (χ2n) is 5.91. The van der Waals surface area contributed by atoms with Crippen molar-refractivity contribution in [3.63, 3.8) is 0 Å². The minimum absolute atomic E-state index is 0.134. The smallest absolute Gasteiger partial charge is 0.255 e. The zero-order valence-corrected chi connectivity index (χ0v) is 15.2. The monoisotopic (exact) mass is 356 g/mol. The first-order valence-electron chi connectivity index (χ1n) is 8.43. The summed E-state index contributed by atoms with van der Waals surface area (Å²) in [5, 5.41) is 2.96. The van der Waals surface area contributed by atoms with Crippen LogP contribution in [0, 0.1) is 0 Å². The van der Waals surface area contributed by atoms with Crippen LogP contribution in [0.3, 0.4) is 0 Å². The van der Waals surface area contributed by atoms with Crippen molar-refractivity contribution in [2.75, 3.05) is 13.7 Å². The molecule has 0 saturated carbocycles. The van der Waals surface area contributed by atoms with Crippen molar-refractivity contribution in [3.05, 3.63) is 59.2 Å². The first-order chi connectivity index (χ1) is 12.4. The largest absolute Gasteiger partial charge is 0.493 e. The minimum Gasteiger partial charge on any atom is -0.493 e. The highest BCUT2D eigenvalue weighted by atomic mass is 16.5. The first-order valence-corrected chi connectivity index (χ1v) is 8.43. The van der Waals surface area contributed by atoms with Crippen LogP contribution in [0.2, 0.25) is 0 Å². The zero-order valence-electron chi connectivity index (χ0n) is 15.2. The molecule has 2 aromatic rings. The van der Waals surface area contributed by atoms with Gasteiger partial charge in [-0.25, -0.2) is 0 Å². The number of methoxy groups -OCH3 is 1. The van der Waals surface area contributed by atoms with Crippen LogP contribution in [0.4, 0.5) is 0 Å². The molecule has 0 fully saturated rings. The Hall–Kier alpha value is -3.02. The highest BCUT2D eigenvalue weighted by molar-refractivity contribution is 5.95. The topological polar surface area (TPSA) is 90.6 Å². The van der Waals surface area contributed by atoms with E-state index in [1.807, 2.05) is 19.1 Å². The molecule has 0 heterocycles. The van der Waals surface area contributed by atoms with Crippen molar-refractivity contribution in [1.82, 2.24) is 5.32 Å². The fourth-order valence-corrected chi connectivity index (χ4v) is 2.48. The van der Waals surface area contributed by atoms with Gasteiger partial charge in [0, 0.05) is 5.56 Å². The number of benzene rings is 2. The summed E-state index contributed by atoms with van der Waals surface area (Å²) in [7, 11) is 1.46. The van der Waals surface area contributed by atoms with Gasteiger partial charge in [-0.2, -0.15) is 0 Å². The Kier molecular flexibility index (Phi) is 6.60. The van der Waals surface area contributed by atoms with Crippen LogP contribution >= 0.6 is 0 Å². The molecule has 1 atom stereocenters. The Morgan fingerprint density at radius 3 is 2.38 bits per heavy atom. The van der Waals surface area contributed by atoms with Crippen LogP contribution in [0.15, 0.2) is 42.5 Å². The molecule has 6 heteroatoms. The highest BCUT2D eigenvalue weighted by Gasteiger charge is 2.15. The van der Waals surface area contributed by atoms with E-state index in [4.69, 9.17) is 15.2 Å². The van der Waals surface area contributed by atoms with Gasteiger partial charge in [0.2, 0.25) is 0 Å². The van der Waals surface area contributed by atoms with Crippen LogP contribution in [0.5, 0.6) is 11.5 Å². The Morgan fingerprint density at radius 2 is 1.81 bits per heavy atom. The standard InChI is InChI=1S/C20H24N2O4/c1-4-14-5-7-15(8-6-14)13(2)22-20(24)16-9-10-17(18(11-16)25-3)26-12-19(21)23/h5-11,13H,4,12H2,1-3H3,(H2,21,23)(H,22,24). The lowest BCUT2D eigenvalue weighted by Crippen LogP contribution is -2.26. The van der Waals surface area contributed by atoms with Crippen LogP contribution in [0.1, 0.15) is 41.4 Å². The van der Waals surface area contributed by atoms with E-state index in [1.54, 1.807) is 18.2 Å². The fraction of sp³-hybridized carbons (Fsp3) is 0.300. The van der Waals surface area contributed by atoms with E-state index in [-0.39, 0.29) is 18.6 Å². The summed E-state index contributed by atoms with van der Waals surface area (Å²) < 4.78 is 10.5. The summed E-state index contributed by atoms with van der Waals surface area (Å²) in [5.74, 6) is -0.0986. The predicted octanol–water partition coefficient (Wildman–Crippen LogP) is 2.61. The van der Waals surface area contributed by atoms with Crippen molar-refractivity contribution < 1.29 is 19.1 Å². The molecular formula is C20H24N2O4. The van der Waals surface area contributed by atoms with Gasteiger partial charge < -0.3 is 20.5 Å². The number of nitrogens with two attached hydrogens (primary N) is 1. The highest BCUT2D eigenvalue weighted by Crippen LogP contribution is 2.28. The molecule has 2 aromatic carbocycles. The Morgan fingerprint density at radius 1 is 1.12 bits per heavy atom. The maximum absolute atomic E-state index is 12.5. The maximum atomic E-state index is 12.5. The number of primary amides is 1. The molecule has 0 bridgehead atoms. The molecule has 0 aromatic heterocycles. The number of aryl methyl sites for hydroxylation is 1. The SMILES string of the molecule is CCc1ccc(C(C)NC(=O)c2ccc(OCC(N)=O)c(OC)c2)cc1. The van der Waals surface area contributed by atoms with Crippen LogP contribution < -0.4 is 20.5 Å². The molecule has 26 heavy (non-hydrogen) atoms. The van der Waals surface area contributed by atoms with E-state index in [2.05, 4.69) is 24.4 Å². The number of amides is 2. The molecular weight excluding hydrogens is 332 g/mol. The van der Waals surface area contributed by atoms with E-state index in [0.29, 0.717) is 17.1 Å². The molecule has 0 radical (unpaired) electrons. The molecule has 0 aliphatic carbocycles. The summed E-state index contributed by atoms with van der Waals surface area (Å²) in [6.07, 6.45) is 0.977. The summed E-state index contributed by atoms with van der Waals surface area (Å²) >= 11 is 0. The van der Waals surface area contributed by atoms with Gasteiger partial charge in [0.05, 0.1) is 13.2 Å². The quantitative estimate of drug-likeness (QED) is 0.761. The van der Waals surface area contributed by atoms with Gasteiger partial charge in [0.25, 0.3) is 11.8 Å². The Labute approximate surface area is 153 Å². The predicted molar refractivity (Wildman–Crippen MR) is 99.4 cm³/mol. The van der Waals surface area contributed by atoms with E-state index in [9.17, 15) is 9.59 Å². The molecule has 6 nitrogen and oxygen atoms in total. The number of hydrogen-bond donors (Lipinski definition) is 2. The van der Waals surface area contributed by atoms with Crippen molar-refractivity contribution in [1.29, 1.82) is 0 Å². The van der Waals surface area contributed by atoms with Gasteiger partial charge in [-0.05, 0) is 42.7 Å². The van der Waals surface area contributed by atoms with Crippen molar-refractivity contribution in [3.8, 4) is 11.5 Å². The van der Waals surface area contributed by atoms with Gasteiger partial charge in [-0.1, -0.05) is 31.2 Å². The lowest BCUT2D eigenvalue weighted by Gasteiger charge is -2.16. The summed E-state index contributed by atoms with van der Waals surface area (Å²) in [6.45, 7) is 3.78. The lowest BCUT2D eigenvalue weighted by molar-refractivity contribution is -0.119. The summed E-state index contributed by atoms with van der Waals surface area (Å²) in [6, 6.07) is 12.8. The van der Waals surface area contributed by atoms with Crippen molar-refractivity contribution in [2.45, 2.75) is 26.3 Å². The molecule has 0 spiro atoms. The van der Waals surface area contributed by atoms with Crippen LogP contribution in [0.25, 0.3) is 0 Å². The van der Waals surface area contributed by atoms with E-state index in [0.717, 1.165) is 12.0 Å². The second kappa shape index (κ2) is 8.89. The minimum atomic E-state index is -0.586. The summed E-state index contributed by atoms with van der Waals surface area (Å²) in [5.41, 5.74) is 7.79.